The molecular weight excluding hydrogens is 340 g/mol. The predicted octanol–water partition coefficient (Wildman–Crippen LogP) is 3.25. The van der Waals surface area contributed by atoms with E-state index in [0.717, 1.165) is 22.2 Å². The van der Waals surface area contributed by atoms with Crippen LogP contribution in [0.1, 0.15) is 10.5 Å². The number of hydrogen-bond donors (Lipinski definition) is 1. The van der Waals surface area contributed by atoms with Crippen molar-refractivity contribution in [2.45, 2.75) is 0 Å². The lowest BCUT2D eigenvalue weighted by molar-refractivity contribution is 0.0691. The molecule has 0 bridgehead atoms. The predicted molar refractivity (Wildman–Crippen MR) is 93.5 cm³/mol. The van der Waals surface area contributed by atoms with Gasteiger partial charge in [0, 0.05) is 28.6 Å². The first-order valence-corrected chi connectivity index (χ1v) is 8.22. The van der Waals surface area contributed by atoms with Gasteiger partial charge in [0.15, 0.2) is 5.69 Å². The number of carboxylic acid groups (broad SMARTS) is 1. The molecule has 25 heavy (non-hydrogen) atoms. The second-order valence-corrected chi connectivity index (χ2v) is 6.02. The summed E-state index contributed by atoms with van der Waals surface area (Å²) in [4.78, 5) is 19.5. The summed E-state index contributed by atoms with van der Waals surface area (Å²) in [6.45, 7) is 0. The number of thiazole rings is 1. The van der Waals surface area contributed by atoms with Crippen LogP contribution in [0.3, 0.4) is 0 Å². The summed E-state index contributed by atoms with van der Waals surface area (Å²) >= 11 is 1.23. The van der Waals surface area contributed by atoms with E-state index >= 15 is 0 Å². The van der Waals surface area contributed by atoms with Gasteiger partial charge in [-0.15, -0.1) is 11.3 Å². The summed E-state index contributed by atoms with van der Waals surface area (Å²) in [6, 6.07) is 11.4. The first kappa shape index (κ1) is 15.3. The second kappa shape index (κ2) is 5.99. The molecule has 124 valence electrons. The number of rotatable bonds is 4. The zero-order valence-corrected chi connectivity index (χ0v) is 13.9. The quantitative estimate of drug-likeness (QED) is 0.606. The molecule has 4 aromatic rings. The first-order chi connectivity index (χ1) is 12.2. The molecule has 0 saturated carbocycles. The molecule has 1 aromatic carbocycles. The Morgan fingerprint density at radius 3 is 2.76 bits per heavy atom. The largest absolute Gasteiger partial charge is 0.481 e. The van der Waals surface area contributed by atoms with Gasteiger partial charge in [-0.3, -0.25) is 0 Å². The maximum absolute atomic E-state index is 11.1. The van der Waals surface area contributed by atoms with Crippen LogP contribution in [-0.2, 0) is 0 Å². The van der Waals surface area contributed by atoms with E-state index in [9.17, 15) is 4.79 Å². The molecule has 0 radical (unpaired) electrons. The zero-order valence-electron chi connectivity index (χ0n) is 13.1. The first-order valence-electron chi connectivity index (χ1n) is 7.35. The van der Waals surface area contributed by atoms with Gasteiger partial charge in [0.2, 0.25) is 11.0 Å². The van der Waals surface area contributed by atoms with Crippen molar-refractivity contribution in [3.8, 4) is 22.3 Å². The van der Waals surface area contributed by atoms with E-state index in [1.807, 2.05) is 30.3 Å². The highest BCUT2D eigenvalue weighted by molar-refractivity contribution is 7.12. The number of aromatic nitrogens is 4. The molecule has 8 heteroatoms. The number of hydrogen-bond acceptors (Lipinski definition) is 6. The van der Waals surface area contributed by atoms with Gasteiger partial charge in [-0.25, -0.2) is 19.4 Å². The normalized spacial score (nSPS) is 10.9. The fourth-order valence-electron chi connectivity index (χ4n) is 2.53. The molecule has 0 aliphatic heterocycles. The van der Waals surface area contributed by atoms with Crippen LogP contribution in [0.2, 0.25) is 0 Å². The number of methoxy groups -OCH3 is 1. The van der Waals surface area contributed by atoms with Crippen molar-refractivity contribution in [3.05, 3.63) is 53.7 Å². The highest BCUT2D eigenvalue weighted by atomic mass is 32.1. The third-order valence-corrected chi connectivity index (χ3v) is 4.51. The molecule has 0 aliphatic rings. The molecule has 3 aromatic heterocycles. The van der Waals surface area contributed by atoms with E-state index in [0.29, 0.717) is 11.0 Å². The fourth-order valence-corrected chi connectivity index (χ4v) is 3.29. The molecule has 0 atom stereocenters. The Morgan fingerprint density at radius 1 is 1.24 bits per heavy atom. The van der Waals surface area contributed by atoms with Gasteiger partial charge in [-0.05, 0) is 12.1 Å². The van der Waals surface area contributed by atoms with Crippen LogP contribution >= 0.6 is 11.3 Å². The third-order valence-electron chi connectivity index (χ3n) is 3.70. The highest BCUT2D eigenvalue weighted by Crippen LogP contribution is 2.30. The van der Waals surface area contributed by atoms with E-state index in [4.69, 9.17) is 9.84 Å². The van der Waals surface area contributed by atoms with Crippen LogP contribution < -0.4 is 4.74 Å². The molecule has 4 rings (SSSR count). The van der Waals surface area contributed by atoms with Gasteiger partial charge < -0.3 is 9.84 Å². The standard InChI is InChI=1S/C17H12N4O3S/c1-24-14-7-6-10(8-18-14)15-11-4-2-3-5-13(11)21(20-15)17-19-12(9-25-17)16(22)23/h2-9H,1H3,(H,22,23). The number of ether oxygens (including phenoxy) is 1. The molecule has 0 aliphatic carbocycles. The molecule has 3 heterocycles. The van der Waals surface area contributed by atoms with Crippen molar-refractivity contribution in [2.24, 2.45) is 0 Å². The molecule has 0 spiro atoms. The monoisotopic (exact) mass is 352 g/mol. The summed E-state index contributed by atoms with van der Waals surface area (Å²) in [6.07, 6.45) is 1.70. The maximum atomic E-state index is 11.1. The lowest BCUT2D eigenvalue weighted by Gasteiger charge is -2.00. The van der Waals surface area contributed by atoms with Crippen LogP contribution in [0.5, 0.6) is 5.88 Å². The third kappa shape index (κ3) is 2.62. The van der Waals surface area contributed by atoms with Crippen molar-refractivity contribution >= 4 is 28.2 Å². The summed E-state index contributed by atoms with van der Waals surface area (Å²) in [5, 5.41) is 16.7. The minimum absolute atomic E-state index is 0.00671. The Kier molecular flexibility index (Phi) is 3.66. The minimum Gasteiger partial charge on any atom is -0.481 e. The molecule has 0 fully saturated rings. The van der Waals surface area contributed by atoms with Gasteiger partial charge in [-0.2, -0.15) is 5.10 Å². The number of pyridine rings is 1. The van der Waals surface area contributed by atoms with E-state index < -0.39 is 5.97 Å². The summed E-state index contributed by atoms with van der Waals surface area (Å²) in [5.74, 6) is -0.531. The number of para-hydroxylation sites is 1. The SMILES string of the molecule is COc1ccc(-c2nn(-c3nc(C(=O)O)cs3)c3ccccc23)cn1. The molecule has 1 N–H and O–H groups in total. The van der Waals surface area contributed by atoms with E-state index in [2.05, 4.69) is 15.1 Å². The molecular formula is C17H12N4O3S. The van der Waals surface area contributed by atoms with E-state index in [1.54, 1.807) is 24.1 Å². The Balaban J connectivity index is 1.89. The summed E-state index contributed by atoms with van der Waals surface area (Å²) in [7, 11) is 1.56. The van der Waals surface area contributed by atoms with Gasteiger partial charge in [0.1, 0.15) is 5.69 Å². The van der Waals surface area contributed by atoms with Gasteiger partial charge in [-0.1, -0.05) is 18.2 Å². The smallest absolute Gasteiger partial charge is 0.355 e. The number of fused-ring (bicyclic) bond motifs is 1. The van der Waals surface area contributed by atoms with Gasteiger partial charge in [0.25, 0.3) is 0 Å². The van der Waals surface area contributed by atoms with Crippen molar-refractivity contribution in [1.29, 1.82) is 0 Å². The number of nitrogens with zero attached hydrogens (tertiary/aromatic N) is 4. The summed E-state index contributed by atoms with van der Waals surface area (Å²) in [5.41, 5.74) is 2.44. The average Bonchev–Trinajstić information content (AvgIpc) is 3.27. The zero-order chi connectivity index (χ0) is 17.4. The Hall–Kier alpha value is -3.26. The van der Waals surface area contributed by atoms with Crippen LogP contribution in [0.4, 0.5) is 0 Å². The molecule has 7 nitrogen and oxygen atoms in total. The lowest BCUT2D eigenvalue weighted by Crippen LogP contribution is -2.00. The van der Waals surface area contributed by atoms with Crippen molar-refractivity contribution in [1.82, 2.24) is 19.7 Å². The van der Waals surface area contributed by atoms with Crippen molar-refractivity contribution < 1.29 is 14.6 Å². The minimum atomic E-state index is -1.06. The molecule has 0 amide bonds. The van der Waals surface area contributed by atoms with Crippen LogP contribution in [0, 0.1) is 0 Å². The van der Waals surface area contributed by atoms with Crippen LogP contribution in [-0.4, -0.2) is 37.9 Å². The number of carbonyl (C=O) groups is 1. The van der Waals surface area contributed by atoms with Crippen LogP contribution in [0.25, 0.3) is 27.3 Å². The second-order valence-electron chi connectivity index (χ2n) is 5.19. The number of aromatic carboxylic acids is 1. The van der Waals surface area contributed by atoms with Crippen molar-refractivity contribution in [3.63, 3.8) is 0 Å². The average molecular weight is 352 g/mol. The maximum Gasteiger partial charge on any atom is 0.355 e. The van der Waals surface area contributed by atoms with E-state index in [1.165, 1.54) is 16.7 Å². The Bertz CT molecular complexity index is 1070. The fraction of sp³-hybridized carbons (Fsp3) is 0.0588. The Labute approximate surface area is 146 Å². The Morgan fingerprint density at radius 2 is 2.08 bits per heavy atom. The molecule has 0 unspecified atom stereocenters. The van der Waals surface area contributed by atoms with Gasteiger partial charge in [0.05, 0.1) is 12.6 Å². The topological polar surface area (TPSA) is 90.1 Å². The summed E-state index contributed by atoms with van der Waals surface area (Å²) < 4.78 is 6.75. The highest BCUT2D eigenvalue weighted by Gasteiger charge is 2.17. The van der Waals surface area contributed by atoms with E-state index in [-0.39, 0.29) is 5.69 Å². The van der Waals surface area contributed by atoms with Crippen LogP contribution in [0.15, 0.2) is 48.0 Å². The lowest BCUT2D eigenvalue weighted by atomic mass is 10.1. The number of benzene rings is 1. The molecule has 0 saturated heterocycles. The number of carboxylic acids is 1. The van der Waals surface area contributed by atoms with Crippen molar-refractivity contribution in [2.75, 3.05) is 7.11 Å². The van der Waals surface area contributed by atoms with Gasteiger partial charge >= 0.3 is 5.97 Å².